The van der Waals surface area contributed by atoms with Gasteiger partial charge >= 0.3 is 0 Å². The van der Waals surface area contributed by atoms with Gasteiger partial charge in [0.25, 0.3) is 0 Å². The molecule has 0 spiro atoms. The van der Waals surface area contributed by atoms with Crippen molar-refractivity contribution in [3.63, 3.8) is 0 Å². The van der Waals surface area contributed by atoms with Crippen molar-refractivity contribution in [1.82, 2.24) is 10.2 Å². The van der Waals surface area contributed by atoms with Crippen molar-refractivity contribution >= 4 is 5.91 Å². The molecule has 1 aliphatic carbocycles. The van der Waals surface area contributed by atoms with Crippen LogP contribution in [0.25, 0.3) is 0 Å². The van der Waals surface area contributed by atoms with Crippen LogP contribution in [0, 0.1) is 5.92 Å². The van der Waals surface area contributed by atoms with E-state index in [1.165, 1.54) is 12.8 Å². The van der Waals surface area contributed by atoms with E-state index in [1.807, 2.05) is 4.90 Å². The number of nitrogens with one attached hydrogen (secondary N) is 1. The highest BCUT2D eigenvalue weighted by atomic mass is 16.5. The summed E-state index contributed by atoms with van der Waals surface area (Å²) in [6, 6.07) is 0.618. The zero-order valence-electron chi connectivity index (χ0n) is 10.7. The molecule has 1 N–H and O–H groups in total. The quantitative estimate of drug-likeness (QED) is 0.736. The Morgan fingerprint density at radius 3 is 2.76 bits per heavy atom. The van der Waals surface area contributed by atoms with Crippen molar-refractivity contribution in [2.75, 3.05) is 13.1 Å². The van der Waals surface area contributed by atoms with Crippen LogP contribution in [0.4, 0.5) is 0 Å². The van der Waals surface area contributed by atoms with Gasteiger partial charge < -0.3 is 9.64 Å². The fraction of sp³-hybridized carbons (Fsp3) is 0.923. The van der Waals surface area contributed by atoms with Crippen molar-refractivity contribution in [2.24, 2.45) is 5.92 Å². The first kappa shape index (κ1) is 11.5. The van der Waals surface area contributed by atoms with Gasteiger partial charge in [-0.05, 0) is 39.0 Å². The minimum atomic E-state index is 0.125. The number of carbonyl (C=O) groups is 1. The number of rotatable bonds is 4. The van der Waals surface area contributed by atoms with E-state index in [0.29, 0.717) is 11.9 Å². The molecule has 2 aliphatic heterocycles. The fourth-order valence-corrected chi connectivity index (χ4v) is 2.86. The Morgan fingerprint density at radius 2 is 2.12 bits per heavy atom. The minimum absolute atomic E-state index is 0.125. The molecule has 1 amide bonds. The number of ether oxygens (including phenoxy) is 1. The average Bonchev–Trinajstić information content (AvgIpc) is 3.13. The zero-order valence-corrected chi connectivity index (χ0v) is 10.7. The second kappa shape index (κ2) is 4.25. The lowest BCUT2D eigenvalue weighted by Gasteiger charge is -2.17. The van der Waals surface area contributed by atoms with Gasteiger partial charge in [-0.15, -0.1) is 0 Å². The highest BCUT2D eigenvalue weighted by molar-refractivity contribution is 5.86. The molecule has 4 heteroatoms. The van der Waals surface area contributed by atoms with Crippen molar-refractivity contribution in [3.05, 3.63) is 0 Å². The van der Waals surface area contributed by atoms with Crippen LogP contribution in [0.3, 0.4) is 0 Å². The van der Waals surface area contributed by atoms with E-state index in [-0.39, 0.29) is 18.2 Å². The third-order valence-corrected chi connectivity index (χ3v) is 3.94. The Labute approximate surface area is 103 Å². The second-order valence-corrected chi connectivity index (χ2v) is 5.89. The number of hydrogen-bond donors (Lipinski definition) is 1. The molecule has 3 atom stereocenters. The number of carbonyl (C=O) groups excluding carboxylic acids is 1. The van der Waals surface area contributed by atoms with Crippen molar-refractivity contribution in [2.45, 2.75) is 57.4 Å². The first-order valence-corrected chi connectivity index (χ1v) is 6.85. The van der Waals surface area contributed by atoms with Crippen molar-refractivity contribution in [1.29, 1.82) is 0 Å². The molecule has 2 heterocycles. The molecule has 0 radical (unpaired) electrons. The Bertz CT molecular complexity index is 315. The van der Waals surface area contributed by atoms with E-state index in [1.54, 1.807) is 0 Å². The third-order valence-electron chi connectivity index (χ3n) is 3.94. The molecule has 96 valence electrons. The van der Waals surface area contributed by atoms with E-state index >= 15 is 0 Å². The first-order valence-electron chi connectivity index (χ1n) is 6.85. The molecule has 3 aliphatic rings. The SMILES string of the molecule is CC(C)O[C@H]1CCN(C(=O)[C@@H]2N[C@H]2C2CC2)C1. The lowest BCUT2D eigenvalue weighted by Crippen LogP contribution is -2.35. The van der Waals surface area contributed by atoms with Gasteiger partial charge in [-0.25, -0.2) is 0 Å². The van der Waals surface area contributed by atoms with Crippen LogP contribution < -0.4 is 5.32 Å². The number of amides is 1. The van der Waals surface area contributed by atoms with E-state index in [4.69, 9.17) is 4.74 Å². The van der Waals surface area contributed by atoms with Crippen LogP contribution in [0.1, 0.15) is 33.1 Å². The summed E-state index contributed by atoms with van der Waals surface area (Å²) >= 11 is 0. The van der Waals surface area contributed by atoms with Crippen molar-refractivity contribution < 1.29 is 9.53 Å². The van der Waals surface area contributed by atoms with E-state index in [9.17, 15) is 4.79 Å². The van der Waals surface area contributed by atoms with Crippen LogP contribution in [-0.2, 0) is 9.53 Å². The topological polar surface area (TPSA) is 51.5 Å². The molecular weight excluding hydrogens is 216 g/mol. The highest BCUT2D eigenvalue weighted by Gasteiger charge is 2.52. The van der Waals surface area contributed by atoms with Gasteiger partial charge in [0.2, 0.25) is 5.91 Å². The molecule has 1 saturated carbocycles. The van der Waals surface area contributed by atoms with Gasteiger partial charge in [0.15, 0.2) is 0 Å². The summed E-state index contributed by atoms with van der Waals surface area (Å²) in [7, 11) is 0. The molecule has 17 heavy (non-hydrogen) atoms. The molecule has 3 fully saturated rings. The maximum absolute atomic E-state index is 12.2. The van der Waals surface area contributed by atoms with Crippen LogP contribution in [0.2, 0.25) is 0 Å². The maximum Gasteiger partial charge on any atom is 0.241 e. The standard InChI is InChI=1S/C13H22N2O2/c1-8(2)17-10-5-6-15(7-10)13(16)12-11(14-12)9-3-4-9/h8-12,14H,3-7H2,1-2H3/t10-,11-,12+/m0/s1. The Balaban J connectivity index is 1.47. The van der Waals surface area contributed by atoms with Crippen LogP contribution in [0.5, 0.6) is 0 Å². The first-order chi connectivity index (χ1) is 8.15. The van der Waals surface area contributed by atoms with Crippen molar-refractivity contribution in [3.8, 4) is 0 Å². The van der Waals surface area contributed by atoms with Gasteiger partial charge in [-0.2, -0.15) is 0 Å². The molecule has 0 aromatic rings. The summed E-state index contributed by atoms with van der Waals surface area (Å²) in [5, 5.41) is 3.33. The van der Waals surface area contributed by atoms with Gasteiger partial charge in [0.1, 0.15) is 6.04 Å². The fourth-order valence-electron chi connectivity index (χ4n) is 2.86. The maximum atomic E-state index is 12.2. The Morgan fingerprint density at radius 1 is 1.35 bits per heavy atom. The van der Waals surface area contributed by atoms with Crippen LogP contribution in [0.15, 0.2) is 0 Å². The van der Waals surface area contributed by atoms with E-state index < -0.39 is 0 Å². The third kappa shape index (κ3) is 2.47. The molecule has 0 bridgehead atoms. The smallest absolute Gasteiger partial charge is 0.241 e. The summed E-state index contributed by atoms with van der Waals surface area (Å²) in [4.78, 5) is 14.2. The summed E-state index contributed by atoms with van der Waals surface area (Å²) in [5.74, 6) is 1.09. The van der Waals surface area contributed by atoms with Gasteiger partial charge in [0.05, 0.1) is 12.2 Å². The number of likely N-dealkylation sites (tertiary alicyclic amines) is 1. The second-order valence-electron chi connectivity index (χ2n) is 5.89. The van der Waals surface area contributed by atoms with E-state index in [2.05, 4.69) is 19.2 Å². The Kier molecular flexibility index (Phi) is 2.87. The number of nitrogens with zero attached hydrogens (tertiary/aromatic N) is 1. The molecule has 0 unspecified atom stereocenters. The van der Waals surface area contributed by atoms with E-state index in [0.717, 1.165) is 25.4 Å². The lowest BCUT2D eigenvalue weighted by molar-refractivity contribution is -0.130. The highest BCUT2D eigenvalue weighted by Crippen LogP contribution is 2.40. The van der Waals surface area contributed by atoms with Gasteiger partial charge in [0, 0.05) is 19.1 Å². The zero-order chi connectivity index (χ0) is 12.0. The summed E-state index contributed by atoms with van der Waals surface area (Å²) in [6.45, 7) is 5.75. The van der Waals surface area contributed by atoms with Gasteiger partial charge in [-0.1, -0.05) is 0 Å². The summed E-state index contributed by atoms with van der Waals surface area (Å²) in [6.07, 6.45) is 4.11. The largest absolute Gasteiger partial charge is 0.374 e. The number of hydrogen-bond acceptors (Lipinski definition) is 3. The molecule has 0 aromatic carbocycles. The van der Waals surface area contributed by atoms with Gasteiger partial charge in [-0.3, -0.25) is 10.1 Å². The summed E-state index contributed by atoms with van der Waals surface area (Å²) < 4.78 is 5.76. The molecule has 2 saturated heterocycles. The molecular formula is C13H22N2O2. The summed E-state index contributed by atoms with van der Waals surface area (Å²) in [5.41, 5.74) is 0. The minimum Gasteiger partial charge on any atom is -0.374 e. The molecule has 0 aromatic heterocycles. The Hall–Kier alpha value is -0.610. The lowest BCUT2D eigenvalue weighted by atomic mass is 10.2. The van der Waals surface area contributed by atoms with Crippen LogP contribution >= 0.6 is 0 Å². The molecule has 3 rings (SSSR count). The predicted molar refractivity (Wildman–Crippen MR) is 64.6 cm³/mol. The monoisotopic (exact) mass is 238 g/mol. The average molecular weight is 238 g/mol. The predicted octanol–water partition coefficient (Wildman–Crippen LogP) is 0.763. The van der Waals surface area contributed by atoms with Crippen LogP contribution in [-0.4, -0.2) is 48.2 Å². The molecule has 4 nitrogen and oxygen atoms in total. The normalized spacial score (nSPS) is 36.6.